The van der Waals surface area contributed by atoms with Gasteiger partial charge in [0.1, 0.15) is 6.20 Å². The first kappa shape index (κ1) is 17.7. The molecule has 0 atom stereocenters. The van der Waals surface area contributed by atoms with Crippen molar-refractivity contribution in [3.63, 3.8) is 0 Å². The lowest BCUT2D eigenvalue weighted by Crippen LogP contribution is -2.30. The predicted octanol–water partition coefficient (Wildman–Crippen LogP) is 2.59. The lowest BCUT2D eigenvalue weighted by Gasteiger charge is -2.07. The Balaban J connectivity index is 1.70. The van der Waals surface area contributed by atoms with Gasteiger partial charge in [0.25, 0.3) is 5.91 Å². The first-order valence-electron chi connectivity index (χ1n) is 7.24. The molecule has 0 bridgehead atoms. The van der Waals surface area contributed by atoms with Crippen LogP contribution in [0.5, 0.6) is 5.75 Å². The van der Waals surface area contributed by atoms with Gasteiger partial charge in [-0.2, -0.15) is 0 Å². The van der Waals surface area contributed by atoms with Gasteiger partial charge in [-0.25, -0.2) is 0 Å². The van der Waals surface area contributed by atoms with Gasteiger partial charge in [0, 0.05) is 17.2 Å². The minimum Gasteiger partial charge on any atom is -0.476 e. The summed E-state index contributed by atoms with van der Waals surface area (Å²) < 4.78 is 5.17. The number of thioether (sulfide) groups is 1. The van der Waals surface area contributed by atoms with Crippen LogP contribution in [0.2, 0.25) is 0 Å². The highest BCUT2D eigenvalue weighted by molar-refractivity contribution is 7.99. The molecule has 0 saturated heterocycles. The van der Waals surface area contributed by atoms with E-state index in [1.54, 1.807) is 11.8 Å². The Hall–Kier alpha value is -2.61. The Morgan fingerprint density at radius 3 is 2.79 bits per heavy atom. The number of aryl methyl sites for hydroxylation is 1. The van der Waals surface area contributed by atoms with Gasteiger partial charge in [-0.1, -0.05) is 17.7 Å². The van der Waals surface area contributed by atoms with Crippen molar-refractivity contribution in [1.29, 1.82) is 0 Å². The van der Waals surface area contributed by atoms with Crippen molar-refractivity contribution in [2.24, 2.45) is 0 Å². The molecule has 0 aliphatic carbocycles. The summed E-state index contributed by atoms with van der Waals surface area (Å²) in [5.74, 6) is -0.0356. The van der Waals surface area contributed by atoms with Crippen molar-refractivity contribution < 1.29 is 14.5 Å². The van der Waals surface area contributed by atoms with Crippen LogP contribution >= 0.6 is 11.8 Å². The van der Waals surface area contributed by atoms with Gasteiger partial charge < -0.3 is 20.2 Å². The quantitative estimate of drug-likeness (QED) is 0.341. The molecule has 24 heavy (non-hydrogen) atoms. The minimum absolute atomic E-state index is 0.0216. The maximum Gasteiger partial charge on any atom is 0.406 e. The fraction of sp³-hybridized carbons (Fsp3) is 0.250. The number of amides is 1. The zero-order valence-corrected chi connectivity index (χ0v) is 13.9. The molecule has 0 spiro atoms. The van der Waals surface area contributed by atoms with Crippen LogP contribution in [0.1, 0.15) is 5.56 Å². The van der Waals surface area contributed by atoms with Gasteiger partial charge in [-0.05, 0) is 41.1 Å². The van der Waals surface area contributed by atoms with E-state index in [9.17, 15) is 14.9 Å². The predicted molar refractivity (Wildman–Crippen MR) is 91.3 cm³/mol. The second-order valence-electron chi connectivity index (χ2n) is 4.88. The maximum atomic E-state index is 11.7. The molecule has 0 fully saturated rings. The number of carbonyl (C=O) groups is 1. The first-order chi connectivity index (χ1) is 11.6. The number of carbonyl (C=O) groups excluding carboxylic acids is 1. The minimum atomic E-state index is -0.647. The molecule has 1 N–H and O–H groups in total. The molecule has 1 aromatic heterocycles. The zero-order chi connectivity index (χ0) is 17.4. The number of hydrogen-bond acceptors (Lipinski definition) is 6. The summed E-state index contributed by atoms with van der Waals surface area (Å²) in [5.41, 5.74) is 1.20. The molecule has 2 aromatic rings. The largest absolute Gasteiger partial charge is 0.476 e. The number of nitrogens with zero attached hydrogens (tertiary/aromatic N) is 2. The number of nitrogens with one attached hydrogen (secondary N) is 1. The summed E-state index contributed by atoms with van der Waals surface area (Å²) in [6.07, 6.45) is 1.30. The van der Waals surface area contributed by atoms with Crippen LogP contribution in [0.4, 0.5) is 5.82 Å². The Kier molecular flexibility index (Phi) is 6.56. The summed E-state index contributed by atoms with van der Waals surface area (Å²) in [7, 11) is 0. The smallest absolute Gasteiger partial charge is 0.406 e. The van der Waals surface area contributed by atoms with Gasteiger partial charge >= 0.3 is 5.82 Å². The number of aromatic nitrogens is 1. The van der Waals surface area contributed by atoms with E-state index in [-0.39, 0.29) is 18.3 Å². The molecule has 126 valence electrons. The topological polar surface area (TPSA) is 94.4 Å². The fourth-order valence-corrected chi connectivity index (χ4v) is 2.59. The van der Waals surface area contributed by atoms with E-state index in [1.807, 2.05) is 31.2 Å². The zero-order valence-electron chi connectivity index (χ0n) is 13.1. The third-order valence-electron chi connectivity index (χ3n) is 3.00. The molecule has 0 aliphatic heterocycles. The molecule has 0 unspecified atom stereocenters. The molecule has 1 heterocycles. The third-order valence-corrected chi connectivity index (χ3v) is 4.01. The van der Waals surface area contributed by atoms with Crippen molar-refractivity contribution >= 4 is 23.5 Å². The van der Waals surface area contributed by atoms with Gasteiger partial charge in [-0.15, -0.1) is 11.8 Å². The highest BCUT2D eigenvalue weighted by Crippen LogP contribution is 2.22. The van der Waals surface area contributed by atoms with Crippen molar-refractivity contribution in [3.8, 4) is 5.75 Å². The van der Waals surface area contributed by atoms with Crippen LogP contribution in [0, 0.1) is 17.0 Å². The Bertz CT molecular complexity index is 707. The highest BCUT2D eigenvalue weighted by Gasteiger charge is 2.16. The van der Waals surface area contributed by atoms with Crippen LogP contribution in [0.15, 0.2) is 47.5 Å². The second kappa shape index (κ2) is 8.88. The molecular weight excluding hydrogens is 330 g/mol. The standard InChI is InChI=1S/C16H17N3O4S/c1-12-4-6-13(7-5-12)24-10-9-17-15(20)11-23-14-3-2-8-18-16(14)19(21)22/h2-8H,9-11H2,1H3,(H,17,20). The second-order valence-corrected chi connectivity index (χ2v) is 6.05. The molecule has 7 nitrogen and oxygen atoms in total. The number of benzene rings is 1. The van der Waals surface area contributed by atoms with Gasteiger partial charge in [0.05, 0.1) is 0 Å². The van der Waals surface area contributed by atoms with Crippen molar-refractivity contribution in [2.45, 2.75) is 11.8 Å². The number of pyridine rings is 1. The SMILES string of the molecule is Cc1ccc(SCCNC(=O)COc2cccnc2[N+](=O)[O-])cc1. The van der Waals surface area contributed by atoms with E-state index in [0.717, 1.165) is 10.6 Å². The monoisotopic (exact) mass is 347 g/mol. The number of hydrogen-bond donors (Lipinski definition) is 1. The molecule has 0 saturated carbocycles. The molecule has 1 aromatic carbocycles. The number of ether oxygens (including phenoxy) is 1. The van der Waals surface area contributed by atoms with Crippen LogP contribution in [0.25, 0.3) is 0 Å². The van der Waals surface area contributed by atoms with Crippen molar-refractivity contribution in [3.05, 3.63) is 58.3 Å². The van der Waals surface area contributed by atoms with E-state index in [2.05, 4.69) is 10.3 Å². The maximum absolute atomic E-state index is 11.7. The summed E-state index contributed by atoms with van der Waals surface area (Å²) in [4.78, 5) is 26.6. The number of rotatable bonds is 8. The summed E-state index contributed by atoms with van der Waals surface area (Å²) in [6, 6.07) is 11.1. The molecule has 0 radical (unpaired) electrons. The van der Waals surface area contributed by atoms with Gasteiger partial charge in [0.15, 0.2) is 6.61 Å². The van der Waals surface area contributed by atoms with Gasteiger partial charge in [-0.3, -0.25) is 4.79 Å². The fourth-order valence-electron chi connectivity index (χ4n) is 1.82. The molecule has 0 aliphatic rings. The first-order valence-corrected chi connectivity index (χ1v) is 8.23. The Morgan fingerprint density at radius 1 is 1.33 bits per heavy atom. The van der Waals surface area contributed by atoms with Crippen LogP contribution < -0.4 is 10.1 Å². The molecule has 2 rings (SSSR count). The molecule has 8 heteroatoms. The number of nitro groups is 1. The highest BCUT2D eigenvalue weighted by atomic mass is 32.2. The van der Waals surface area contributed by atoms with Crippen molar-refractivity contribution in [2.75, 3.05) is 18.9 Å². The lowest BCUT2D eigenvalue weighted by atomic mass is 10.2. The third kappa shape index (κ3) is 5.54. The van der Waals surface area contributed by atoms with E-state index >= 15 is 0 Å². The van der Waals surface area contributed by atoms with E-state index in [0.29, 0.717) is 6.54 Å². The van der Waals surface area contributed by atoms with E-state index in [1.165, 1.54) is 23.9 Å². The molecular formula is C16H17N3O4S. The normalized spacial score (nSPS) is 10.2. The van der Waals surface area contributed by atoms with Crippen LogP contribution in [-0.4, -0.2) is 34.7 Å². The average molecular weight is 347 g/mol. The van der Waals surface area contributed by atoms with E-state index < -0.39 is 10.7 Å². The summed E-state index contributed by atoms with van der Waals surface area (Å²) in [5, 5.41) is 13.5. The lowest BCUT2D eigenvalue weighted by molar-refractivity contribution is -0.390. The average Bonchev–Trinajstić information content (AvgIpc) is 2.58. The van der Waals surface area contributed by atoms with Crippen molar-refractivity contribution in [1.82, 2.24) is 10.3 Å². The Labute approximate surface area is 143 Å². The van der Waals surface area contributed by atoms with E-state index in [4.69, 9.17) is 4.74 Å². The van der Waals surface area contributed by atoms with Crippen LogP contribution in [-0.2, 0) is 4.79 Å². The van der Waals surface area contributed by atoms with Crippen LogP contribution in [0.3, 0.4) is 0 Å². The summed E-state index contributed by atoms with van der Waals surface area (Å²) >= 11 is 1.64. The summed E-state index contributed by atoms with van der Waals surface area (Å²) in [6.45, 7) is 2.22. The Morgan fingerprint density at radius 2 is 2.08 bits per heavy atom. The molecule has 1 amide bonds. The van der Waals surface area contributed by atoms with Gasteiger partial charge in [0.2, 0.25) is 5.75 Å².